The molecule has 1 amide bonds. The Morgan fingerprint density at radius 1 is 1.38 bits per heavy atom. The quantitative estimate of drug-likeness (QED) is 0.756. The van der Waals surface area contributed by atoms with Crippen LogP contribution in [-0.4, -0.2) is 24.8 Å². The average Bonchev–Trinajstić information content (AvgIpc) is 3.11. The molecule has 2 rings (SSSR count). The highest BCUT2D eigenvalue weighted by molar-refractivity contribution is 5.78. The number of hydrogen-bond donors (Lipinski definition) is 1. The third-order valence-electron chi connectivity index (χ3n) is 2.33. The standard InChI is InChI=1S/C12H13NO3/c14-7-9-1-5-11(6-2-9)16-8-12(15)13-10-3-4-10/h1-2,5-7,10H,3-4,8H2,(H,13,15). The zero-order valence-electron chi connectivity index (χ0n) is 8.81. The molecular formula is C12H13NO3. The minimum atomic E-state index is -0.0954. The minimum Gasteiger partial charge on any atom is -0.484 e. The Morgan fingerprint density at radius 2 is 2.06 bits per heavy atom. The Balaban J connectivity index is 1.79. The van der Waals surface area contributed by atoms with Gasteiger partial charge in [0.25, 0.3) is 5.91 Å². The molecule has 1 aliphatic carbocycles. The summed E-state index contributed by atoms with van der Waals surface area (Å²) in [6.45, 7) is 0.0247. The molecule has 1 N–H and O–H groups in total. The Kier molecular flexibility index (Phi) is 3.19. The van der Waals surface area contributed by atoms with Gasteiger partial charge in [-0.2, -0.15) is 0 Å². The van der Waals surface area contributed by atoms with Gasteiger partial charge in [-0.3, -0.25) is 9.59 Å². The summed E-state index contributed by atoms with van der Waals surface area (Å²) in [7, 11) is 0. The van der Waals surface area contributed by atoms with Gasteiger partial charge in [-0.05, 0) is 37.1 Å². The van der Waals surface area contributed by atoms with E-state index in [0.717, 1.165) is 19.1 Å². The molecule has 0 saturated heterocycles. The fourth-order valence-corrected chi connectivity index (χ4v) is 1.29. The minimum absolute atomic E-state index is 0.0247. The van der Waals surface area contributed by atoms with Crippen molar-refractivity contribution in [3.05, 3.63) is 29.8 Å². The molecule has 1 aliphatic rings. The van der Waals surface area contributed by atoms with Crippen LogP contribution in [0.1, 0.15) is 23.2 Å². The Bertz CT molecular complexity index is 382. The molecule has 4 heteroatoms. The summed E-state index contributed by atoms with van der Waals surface area (Å²) in [6.07, 6.45) is 2.91. The predicted octanol–water partition coefficient (Wildman–Crippen LogP) is 1.16. The molecule has 0 unspecified atom stereocenters. The number of benzene rings is 1. The first-order valence-electron chi connectivity index (χ1n) is 5.25. The van der Waals surface area contributed by atoms with Gasteiger partial charge in [-0.25, -0.2) is 0 Å². The smallest absolute Gasteiger partial charge is 0.258 e. The second-order valence-electron chi connectivity index (χ2n) is 3.82. The van der Waals surface area contributed by atoms with Crippen molar-refractivity contribution in [2.45, 2.75) is 18.9 Å². The molecule has 0 spiro atoms. The topological polar surface area (TPSA) is 55.4 Å². The van der Waals surface area contributed by atoms with Crippen LogP contribution in [0, 0.1) is 0 Å². The third kappa shape index (κ3) is 3.08. The molecule has 0 heterocycles. The lowest BCUT2D eigenvalue weighted by Gasteiger charge is -2.06. The van der Waals surface area contributed by atoms with Crippen LogP contribution in [-0.2, 0) is 4.79 Å². The largest absolute Gasteiger partial charge is 0.484 e. The van der Waals surface area contributed by atoms with Crippen molar-refractivity contribution in [3.63, 3.8) is 0 Å². The van der Waals surface area contributed by atoms with Crippen molar-refractivity contribution in [1.82, 2.24) is 5.32 Å². The van der Waals surface area contributed by atoms with Gasteiger partial charge in [0.2, 0.25) is 0 Å². The van der Waals surface area contributed by atoms with Gasteiger partial charge in [0, 0.05) is 11.6 Å². The van der Waals surface area contributed by atoms with Crippen LogP contribution in [0.4, 0.5) is 0 Å². The van der Waals surface area contributed by atoms with E-state index < -0.39 is 0 Å². The lowest BCUT2D eigenvalue weighted by Crippen LogP contribution is -2.30. The van der Waals surface area contributed by atoms with E-state index in [1.54, 1.807) is 24.3 Å². The van der Waals surface area contributed by atoms with Crippen LogP contribution in [0.3, 0.4) is 0 Å². The van der Waals surface area contributed by atoms with Gasteiger partial charge >= 0.3 is 0 Å². The summed E-state index contributed by atoms with van der Waals surface area (Å²) < 4.78 is 5.27. The summed E-state index contributed by atoms with van der Waals surface area (Å²) in [5.74, 6) is 0.499. The predicted molar refractivity (Wildman–Crippen MR) is 58.5 cm³/mol. The molecule has 0 atom stereocenters. The lowest BCUT2D eigenvalue weighted by atomic mass is 10.2. The van der Waals surface area contributed by atoms with Gasteiger partial charge in [0.05, 0.1) is 0 Å². The second kappa shape index (κ2) is 4.79. The number of carbonyl (C=O) groups is 2. The highest BCUT2D eigenvalue weighted by Crippen LogP contribution is 2.18. The number of carbonyl (C=O) groups excluding carboxylic acids is 2. The van der Waals surface area contributed by atoms with Crippen molar-refractivity contribution in [2.75, 3.05) is 6.61 Å². The Morgan fingerprint density at radius 3 is 2.62 bits per heavy atom. The summed E-state index contributed by atoms with van der Waals surface area (Å²) in [5, 5.41) is 2.83. The molecule has 1 saturated carbocycles. The molecule has 1 aromatic carbocycles. The zero-order valence-corrected chi connectivity index (χ0v) is 8.81. The summed E-state index contributed by atoms with van der Waals surface area (Å²) in [5.41, 5.74) is 0.592. The van der Waals surface area contributed by atoms with Gasteiger partial charge < -0.3 is 10.1 Å². The Labute approximate surface area is 93.6 Å². The molecule has 1 fully saturated rings. The van der Waals surface area contributed by atoms with Crippen LogP contribution in [0.5, 0.6) is 5.75 Å². The van der Waals surface area contributed by atoms with Crippen molar-refractivity contribution >= 4 is 12.2 Å². The first-order valence-corrected chi connectivity index (χ1v) is 5.25. The number of rotatable bonds is 5. The summed E-state index contributed by atoms with van der Waals surface area (Å²) in [4.78, 5) is 21.7. The molecule has 0 aliphatic heterocycles. The summed E-state index contributed by atoms with van der Waals surface area (Å²) in [6, 6.07) is 7.01. The highest BCUT2D eigenvalue weighted by atomic mass is 16.5. The number of amides is 1. The number of nitrogens with one attached hydrogen (secondary N) is 1. The maximum atomic E-state index is 11.3. The monoisotopic (exact) mass is 219 g/mol. The van der Waals surface area contributed by atoms with Gasteiger partial charge in [0.15, 0.2) is 6.61 Å². The van der Waals surface area contributed by atoms with Crippen molar-refractivity contribution in [1.29, 1.82) is 0 Å². The van der Waals surface area contributed by atoms with Gasteiger partial charge in [0.1, 0.15) is 12.0 Å². The number of aldehydes is 1. The van der Waals surface area contributed by atoms with Crippen LogP contribution in [0.2, 0.25) is 0 Å². The zero-order chi connectivity index (χ0) is 11.4. The van der Waals surface area contributed by atoms with E-state index in [4.69, 9.17) is 4.74 Å². The van der Waals surface area contributed by atoms with E-state index >= 15 is 0 Å². The molecule has 1 aromatic rings. The lowest BCUT2D eigenvalue weighted by molar-refractivity contribution is -0.123. The van der Waals surface area contributed by atoms with Gasteiger partial charge in [-0.1, -0.05) is 0 Å². The molecule has 0 radical (unpaired) electrons. The van der Waals surface area contributed by atoms with Crippen LogP contribution >= 0.6 is 0 Å². The molecule has 0 aromatic heterocycles. The Hall–Kier alpha value is -1.84. The van der Waals surface area contributed by atoms with E-state index in [0.29, 0.717) is 17.4 Å². The van der Waals surface area contributed by atoms with Crippen LogP contribution in [0.15, 0.2) is 24.3 Å². The molecule has 16 heavy (non-hydrogen) atoms. The number of ether oxygens (including phenoxy) is 1. The van der Waals surface area contributed by atoms with Crippen molar-refractivity contribution < 1.29 is 14.3 Å². The molecule has 4 nitrogen and oxygen atoms in total. The average molecular weight is 219 g/mol. The normalized spacial score (nSPS) is 14.2. The van der Waals surface area contributed by atoms with E-state index in [2.05, 4.69) is 5.32 Å². The highest BCUT2D eigenvalue weighted by Gasteiger charge is 2.23. The second-order valence-corrected chi connectivity index (χ2v) is 3.82. The summed E-state index contributed by atoms with van der Waals surface area (Å²) >= 11 is 0. The first-order chi connectivity index (χ1) is 7.78. The number of hydrogen-bond acceptors (Lipinski definition) is 3. The van der Waals surface area contributed by atoms with Crippen molar-refractivity contribution in [3.8, 4) is 5.75 Å². The first kappa shape index (κ1) is 10.7. The third-order valence-corrected chi connectivity index (χ3v) is 2.33. The van der Waals surface area contributed by atoms with Gasteiger partial charge in [-0.15, -0.1) is 0 Å². The van der Waals surface area contributed by atoms with E-state index in [9.17, 15) is 9.59 Å². The molecule has 84 valence electrons. The SMILES string of the molecule is O=Cc1ccc(OCC(=O)NC2CC2)cc1. The van der Waals surface area contributed by atoms with Crippen LogP contribution in [0.25, 0.3) is 0 Å². The van der Waals surface area contributed by atoms with E-state index in [1.165, 1.54) is 0 Å². The fraction of sp³-hybridized carbons (Fsp3) is 0.333. The maximum Gasteiger partial charge on any atom is 0.258 e. The van der Waals surface area contributed by atoms with E-state index in [-0.39, 0.29) is 12.5 Å². The molecule has 0 bridgehead atoms. The fourth-order valence-electron chi connectivity index (χ4n) is 1.29. The van der Waals surface area contributed by atoms with Crippen LogP contribution < -0.4 is 10.1 Å². The van der Waals surface area contributed by atoms with Crippen molar-refractivity contribution in [2.24, 2.45) is 0 Å². The maximum absolute atomic E-state index is 11.3. The molecular weight excluding hydrogens is 206 g/mol. The van der Waals surface area contributed by atoms with E-state index in [1.807, 2.05) is 0 Å².